The molecule has 0 fully saturated rings. The molecule has 1 rings (SSSR count). The van der Waals surface area contributed by atoms with Gasteiger partial charge in [0.2, 0.25) is 0 Å². The van der Waals surface area contributed by atoms with E-state index in [1.54, 1.807) is 0 Å². The Hall–Kier alpha value is -0.600. The third-order valence-electron chi connectivity index (χ3n) is 1.36. The SMILES string of the molecule is O=C(CF)c1ccc(Cl)c(Cl)c1. The van der Waals surface area contributed by atoms with Gasteiger partial charge in [0, 0.05) is 5.56 Å². The van der Waals surface area contributed by atoms with E-state index in [9.17, 15) is 9.18 Å². The highest BCUT2D eigenvalue weighted by Gasteiger charge is 2.06. The molecule has 0 spiro atoms. The second-order valence-corrected chi connectivity index (χ2v) is 3.00. The highest BCUT2D eigenvalue weighted by molar-refractivity contribution is 6.42. The first-order valence-corrected chi connectivity index (χ1v) is 3.95. The Bertz CT molecular complexity index is 312. The van der Waals surface area contributed by atoms with Crippen LogP contribution in [0.15, 0.2) is 18.2 Å². The Morgan fingerprint density at radius 3 is 2.50 bits per heavy atom. The van der Waals surface area contributed by atoms with Gasteiger partial charge in [-0.15, -0.1) is 0 Å². The smallest absolute Gasteiger partial charge is 0.193 e. The molecule has 0 aliphatic heterocycles. The Labute approximate surface area is 79.1 Å². The van der Waals surface area contributed by atoms with E-state index < -0.39 is 12.5 Å². The number of hydrogen-bond acceptors (Lipinski definition) is 1. The summed E-state index contributed by atoms with van der Waals surface area (Å²) in [6.07, 6.45) is 0. The van der Waals surface area contributed by atoms with E-state index in [4.69, 9.17) is 23.2 Å². The van der Waals surface area contributed by atoms with Crippen LogP contribution in [0.25, 0.3) is 0 Å². The van der Waals surface area contributed by atoms with Crippen LogP contribution in [0.5, 0.6) is 0 Å². The molecule has 1 aromatic rings. The van der Waals surface area contributed by atoms with Gasteiger partial charge in [-0.05, 0) is 18.2 Å². The molecule has 1 nitrogen and oxygen atoms in total. The Morgan fingerprint density at radius 1 is 1.33 bits per heavy atom. The monoisotopic (exact) mass is 206 g/mol. The summed E-state index contributed by atoms with van der Waals surface area (Å²) in [5.41, 5.74) is 0.243. The van der Waals surface area contributed by atoms with Crippen LogP contribution in [0.1, 0.15) is 10.4 Å². The molecular formula is C8H5Cl2FO. The van der Waals surface area contributed by atoms with Gasteiger partial charge in [0.15, 0.2) is 12.5 Å². The van der Waals surface area contributed by atoms with Crippen molar-refractivity contribution >= 4 is 29.0 Å². The van der Waals surface area contributed by atoms with E-state index in [1.165, 1.54) is 18.2 Å². The van der Waals surface area contributed by atoms with Crippen molar-refractivity contribution in [3.8, 4) is 0 Å². The molecule has 0 bridgehead atoms. The van der Waals surface area contributed by atoms with Crippen LogP contribution in [0, 0.1) is 0 Å². The number of alkyl halides is 1. The molecule has 0 heterocycles. The van der Waals surface area contributed by atoms with E-state index in [1.807, 2.05) is 0 Å². The molecule has 12 heavy (non-hydrogen) atoms. The summed E-state index contributed by atoms with van der Waals surface area (Å²) in [4.78, 5) is 10.8. The van der Waals surface area contributed by atoms with Crippen molar-refractivity contribution in [2.75, 3.05) is 6.67 Å². The molecule has 64 valence electrons. The summed E-state index contributed by atoms with van der Waals surface area (Å²) in [6, 6.07) is 4.26. The normalized spacial score (nSPS) is 9.92. The number of Topliss-reactive ketones (excluding diaryl/α,β-unsaturated/α-hetero) is 1. The average Bonchev–Trinajstić information content (AvgIpc) is 2.08. The summed E-state index contributed by atoms with van der Waals surface area (Å²) in [6.45, 7) is -1.02. The summed E-state index contributed by atoms with van der Waals surface area (Å²) in [7, 11) is 0. The first-order chi connectivity index (χ1) is 5.65. The molecule has 0 saturated heterocycles. The van der Waals surface area contributed by atoms with Gasteiger partial charge in [0.05, 0.1) is 10.0 Å². The molecule has 0 atom stereocenters. The zero-order valence-corrected chi connectivity index (χ0v) is 7.49. The van der Waals surface area contributed by atoms with Crippen molar-refractivity contribution in [1.29, 1.82) is 0 Å². The molecule has 0 aromatic heterocycles. The fourth-order valence-electron chi connectivity index (χ4n) is 0.747. The minimum absolute atomic E-state index is 0.243. The van der Waals surface area contributed by atoms with E-state index >= 15 is 0 Å². The maximum atomic E-state index is 11.9. The second kappa shape index (κ2) is 3.87. The highest BCUT2D eigenvalue weighted by atomic mass is 35.5. The molecule has 0 unspecified atom stereocenters. The van der Waals surface area contributed by atoms with Crippen LogP contribution in [-0.2, 0) is 0 Å². The minimum atomic E-state index is -1.02. The predicted molar refractivity (Wildman–Crippen MR) is 46.8 cm³/mol. The second-order valence-electron chi connectivity index (χ2n) is 2.19. The lowest BCUT2D eigenvalue weighted by Crippen LogP contribution is -2.00. The van der Waals surface area contributed by atoms with Crippen molar-refractivity contribution in [1.82, 2.24) is 0 Å². The van der Waals surface area contributed by atoms with Gasteiger partial charge < -0.3 is 0 Å². The fraction of sp³-hybridized carbons (Fsp3) is 0.125. The van der Waals surface area contributed by atoms with Crippen LogP contribution < -0.4 is 0 Å². The number of hydrogen-bond donors (Lipinski definition) is 0. The molecule has 4 heteroatoms. The Kier molecular flexibility index (Phi) is 3.06. The zero-order chi connectivity index (χ0) is 9.14. The lowest BCUT2D eigenvalue weighted by molar-refractivity contribution is 0.0958. The maximum absolute atomic E-state index is 11.9. The average molecular weight is 207 g/mol. The van der Waals surface area contributed by atoms with E-state index in [0.29, 0.717) is 5.02 Å². The summed E-state index contributed by atoms with van der Waals surface area (Å²) in [5.74, 6) is -0.589. The fourth-order valence-corrected chi connectivity index (χ4v) is 1.04. The van der Waals surface area contributed by atoms with Gasteiger partial charge in [0.25, 0.3) is 0 Å². The first-order valence-electron chi connectivity index (χ1n) is 3.19. The number of carbonyl (C=O) groups is 1. The predicted octanol–water partition coefficient (Wildman–Crippen LogP) is 3.15. The standard InChI is InChI=1S/C8H5Cl2FO/c9-6-2-1-5(3-7(6)10)8(12)4-11/h1-3H,4H2. The number of benzene rings is 1. The van der Waals surface area contributed by atoms with Gasteiger partial charge in [-0.2, -0.15) is 0 Å². The highest BCUT2D eigenvalue weighted by Crippen LogP contribution is 2.22. The molecule has 0 N–H and O–H groups in total. The number of rotatable bonds is 2. The van der Waals surface area contributed by atoms with Crippen LogP contribution >= 0.6 is 23.2 Å². The summed E-state index contributed by atoms with van der Waals surface area (Å²) < 4.78 is 11.9. The van der Waals surface area contributed by atoms with E-state index in [-0.39, 0.29) is 10.6 Å². The van der Waals surface area contributed by atoms with Gasteiger partial charge in [-0.3, -0.25) is 4.79 Å². The molecule has 0 aliphatic rings. The van der Waals surface area contributed by atoms with Gasteiger partial charge in [0.1, 0.15) is 0 Å². The van der Waals surface area contributed by atoms with Crippen LogP contribution in [0.2, 0.25) is 10.0 Å². The van der Waals surface area contributed by atoms with Gasteiger partial charge in [-0.1, -0.05) is 23.2 Å². The molecule has 0 radical (unpaired) electrons. The third kappa shape index (κ3) is 1.96. The minimum Gasteiger partial charge on any atom is -0.291 e. The zero-order valence-electron chi connectivity index (χ0n) is 5.98. The number of halogens is 3. The summed E-state index contributed by atoms with van der Waals surface area (Å²) in [5, 5.41) is 0.614. The van der Waals surface area contributed by atoms with Crippen molar-refractivity contribution in [2.24, 2.45) is 0 Å². The van der Waals surface area contributed by atoms with Crippen molar-refractivity contribution in [2.45, 2.75) is 0 Å². The van der Waals surface area contributed by atoms with Crippen LogP contribution in [0.3, 0.4) is 0 Å². The lowest BCUT2D eigenvalue weighted by Gasteiger charge is -1.98. The molecule has 0 saturated carbocycles. The topological polar surface area (TPSA) is 17.1 Å². The molecule has 1 aromatic carbocycles. The van der Waals surface area contributed by atoms with E-state index in [2.05, 4.69) is 0 Å². The molecular weight excluding hydrogens is 202 g/mol. The first kappa shape index (κ1) is 9.49. The summed E-state index contributed by atoms with van der Waals surface area (Å²) >= 11 is 11.2. The van der Waals surface area contributed by atoms with E-state index in [0.717, 1.165) is 0 Å². The molecule has 0 amide bonds. The number of ketones is 1. The third-order valence-corrected chi connectivity index (χ3v) is 2.10. The quantitative estimate of drug-likeness (QED) is 0.680. The Morgan fingerprint density at radius 2 is 2.00 bits per heavy atom. The van der Waals surface area contributed by atoms with Gasteiger partial charge in [-0.25, -0.2) is 4.39 Å². The Balaban J connectivity index is 3.05. The van der Waals surface area contributed by atoms with Crippen LogP contribution in [-0.4, -0.2) is 12.5 Å². The van der Waals surface area contributed by atoms with Crippen molar-refractivity contribution in [3.63, 3.8) is 0 Å². The van der Waals surface area contributed by atoms with Crippen LogP contribution in [0.4, 0.5) is 4.39 Å². The van der Waals surface area contributed by atoms with Crippen molar-refractivity contribution in [3.05, 3.63) is 33.8 Å². The molecule has 0 aliphatic carbocycles. The maximum Gasteiger partial charge on any atom is 0.193 e. The lowest BCUT2D eigenvalue weighted by atomic mass is 10.1. The largest absolute Gasteiger partial charge is 0.291 e. The van der Waals surface area contributed by atoms with Crippen molar-refractivity contribution < 1.29 is 9.18 Å². The van der Waals surface area contributed by atoms with Gasteiger partial charge >= 0.3 is 0 Å². The number of carbonyl (C=O) groups excluding carboxylic acids is 1.